The summed E-state index contributed by atoms with van der Waals surface area (Å²) in [6.07, 6.45) is 3.02. The Morgan fingerprint density at radius 3 is 2.32 bits per heavy atom. The fourth-order valence-corrected chi connectivity index (χ4v) is 5.22. The maximum absolute atomic E-state index is 13.6. The molecule has 11 nitrogen and oxygen atoms in total. The molecule has 0 aromatic heterocycles. The largest absolute Gasteiger partial charge is 0.507 e. The topological polar surface area (TPSA) is 121 Å². The Kier molecular flexibility index (Phi) is 13.7. The van der Waals surface area contributed by atoms with Crippen molar-refractivity contribution >= 4 is 41.5 Å². The number of nitrogens with zero attached hydrogens (tertiary/aromatic N) is 3. The molecule has 254 valence electrons. The number of carbonyl (C=O) groups excluding carboxylic acids is 3. The van der Waals surface area contributed by atoms with Crippen molar-refractivity contribution in [3.8, 4) is 23.0 Å². The standard InChI is InChI=1S/C35H44N4O7.ClH/c1-24-10-15-29(32(21-24)46-20-8-6-7-9-33(41)39-18-16-37(2)17-19-39)38(3)35(43)25-11-14-28(31(22-25)45-5)36-34(42)27-13-12-26(44-4)23-30(27)40;/h10-15,21-23,40H,6-9,16-20H2,1-5H3,(H,36,42);1H. The summed E-state index contributed by atoms with van der Waals surface area (Å²) < 4.78 is 16.7. The summed E-state index contributed by atoms with van der Waals surface area (Å²) in [7, 11) is 6.67. The maximum Gasteiger partial charge on any atom is 0.259 e. The molecule has 47 heavy (non-hydrogen) atoms. The van der Waals surface area contributed by atoms with Gasteiger partial charge in [-0.25, -0.2) is 0 Å². The summed E-state index contributed by atoms with van der Waals surface area (Å²) in [5.41, 5.74) is 2.37. The second-order valence-corrected chi connectivity index (χ2v) is 11.4. The van der Waals surface area contributed by atoms with Gasteiger partial charge in [0.15, 0.2) is 0 Å². The predicted octanol–water partition coefficient (Wildman–Crippen LogP) is 5.38. The molecule has 3 amide bonds. The first-order valence-electron chi connectivity index (χ1n) is 15.5. The Bertz CT molecular complexity index is 1540. The van der Waals surface area contributed by atoms with Crippen molar-refractivity contribution in [1.29, 1.82) is 0 Å². The SMILES string of the molecule is COc1ccc(C(=O)Nc2ccc(C(=O)N(C)c3ccc(C)cc3OCCCCCC(=O)N3CCN(C)CC3)cc2OC)c(O)c1.Cl. The summed E-state index contributed by atoms with van der Waals surface area (Å²) in [4.78, 5) is 44.6. The van der Waals surface area contributed by atoms with Crippen LogP contribution in [0.5, 0.6) is 23.0 Å². The van der Waals surface area contributed by atoms with Crippen LogP contribution in [0.3, 0.4) is 0 Å². The lowest BCUT2D eigenvalue weighted by atomic mass is 10.1. The van der Waals surface area contributed by atoms with E-state index in [1.54, 1.807) is 31.3 Å². The van der Waals surface area contributed by atoms with Crippen LogP contribution in [0.1, 0.15) is 52.0 Å². The molecule has 1 heterocycles. The molecule has 0 saturated carbocycles. The second-order valence-electron chi connectivity index (χ2n) is 11.4. The smallest absolute Gasteiger partial charge is 0.259 e. The lowest BCUT2D eigenvalue weighted by molar-refractivity contribution is -0.132. The van der Waals surface area contributed by atoms with E-state index in [0.29, 0.717) is 41.5 Å². The highest BCUT2D eigenvalue weighted by molar-refractivity contribution is 6.09. The molecule has 1 saturated heterocycles. The minimum atomic E-state index is -0.544. The van der Waals surface area contributed by atoms with Crippen LogP contribution in [0.25, 0.3) is 0 Å². The van der Waals surface area contributed by atoms with Gasteiger partial charge in [-0.1, -0.05) is 6.07 Å². The number of unbranched alkanes of at least 4 members (excludes halogenated alkanes) is 2. The van der Waals surface area contributed by atoms with Gasteiger partial charge < -0.3 is 39.3 Å². The van der Waals surface area contributed by atoms with Crippen LogP contribution in [-0.2, 0) is 4.79 Å². The van der Waals surface area contributed by atoms with Gasteiger partial charge in [0.2, 0.25) is 5.91 Å². The molecule has 3 aromatic carbocycles. The van der Waals surface area contributed by atoms with E-state index < -0.39 is 5.91 Å². The lowest BCUT2D eigenvalue weighted by Gasteiger charge is -2.32. The number of rotatable bonds is 13. The molecule has 1 aliphatic rings. The van der Waals surface area contributed by atoms with Crippen LogP contribution < -0.4 is 24.4 Å². The number of carbonyl (C=O) groups is 3. The first kappa shape index (κ1) is 37.0. The highest BCUT2D eigenvalue weighted by Crippen LogP contribution is 2.33. The Hall–Kier alpha value is -4.48. The average molecular weight is 669 g/mol. The average Bonchev–Trinajstić information content (AvgIpc) is 3.05. The number of aryl methyl sites for hydroxylation is 1. The molecule has 3 aromatic rings. The van der Waals surface area contributed by atoms with Gasteiger partial charge in [0.25, 0.3) is 11.8 Å². The number of aromatic hydroxyl groups is 1. The fraction of sp³-hybridized carbons (Fsp3) is 0.400. The molecule has 0 spiro atoms. The van der Waals surface area contributed by atoms with Gasteiger partial charge in [0.1, 0.15) is 23.0 Å². The van der Waals surface area contributed by atoms with Gasteiger partial charge in [-0.15, -0.1) is 12.4 Å². The van der Waals surface area contributed by atoms with E-state index in [1.807, 2.05) is 30.0 Å². The van der Waals surface area contributed by atoms with Gasteiger partial charge >= 0.3 is 0 Å². The zero-order valence-electron chi connectivity index (χ0n) is 27.7. The number of halogens is 1. The zero-order valence-corrected chi connectivity index (χ0v) is 28.5. The van der Waals surface area contributed by atoms with Crippen LogP contribution in [-0.4, -0.2) is 93.7 Å². The third-order valence-corrected chi connectivity index (χ3v) is 8.08. The van der Waals surface area contributed by atoms with Gasteiger partial charge in [0.05, 0.1) is 37.8 Å². The number of nitrogens with one attached hydrogen (secondary N) is 1. The van der Waals surface area contributed by atoms with Crippen LogP contribution in [0.2, 0.25) is 0 Å². The Labute approximate surface area is 282 Å². The number of likely N-dealkylation sites (N-methyl/N-ethyl adjacent to an activating group) is 1. The molecule has 1 fully saturated rings. The number of phenolic OH excluding ortho intramolecular Hbond substituents is 1. The van der Waals surface area contributed by atoms with Crippen molar-refractivity contribution in [2.75, 3.05) is 71.3 Å². The zero-order chi connectivity index (χ0) is 33.2. The molecule has 0 bridgehead atoms. The molecule has 2 N–H and O–H groups in total. The van der Waals surface area contributed by atoms with Gasteiger partial charge in [-0.2, -0.15) is 0 Å². The number of benzene rings is 3. The van der Waals surface area contributed by atoms with Crippen LogP contribution in [0.4, 0.5) is 11.4 Å². The number of phenols is 1. The van der Waals surface area contributed by atoms with Crippen LogP contribution >= 0.6 is 12.4 Å². The molecule has 1 aliphatic heterocycles. The van der Waals surface area contributed by atoms with Crippen molar-refractivity contribution < 1.29 is 33.7 Å². The molecule has 4 rings (SSSR count). The van der Waals surface area contributed by atoms with Gasteiger partial charge in [-0.05, 0) is 81.3 Å². The Morgan fingerprint density at radius 2 is 1.64 bits per heavy atom. The predicted molar refractivity (Wildman–Crippen MR) is 185 cm³/mol. The fourth-order valence-electron chi connectivity index (χ4n) is 5.22. The molecule has 12 heteroatoms. The van der Waals surface area contributed by atoms with E-state index >= 15 is 0 Å². The van der Waals surface area contributed by atoms with E-state index in [9.17, 15) is 19.5 Å². The molecular weight excluding hydrogens is 624 g/mol. The number of hydrogen-bond acceptors (Lipinski definition) is 8. The van der Waals surface area contributed by atoms with E-state index in [0.717, 1.165) is 51.0 Å². The van der Waals surface area contributed by atoms with E-state index in [-0.39, 0.29) is 41.3 Å². The summed E-state index contributed by atoms with van der Waals surface area (Å²) in [6.45, 7) is 5.86. The molecule has 0 aliphatic carbocycles. The first-order valence-corrected chi connectivity index (χ1v) is 15.5. The maximum atomic E-state index is 13.6. The monoisotopic (exact) mass is 668 g/mol. The van der Waals surface area contributed by atoms with Crippen molar-refractivity contribution in [3.63, 3.8) is 0 Å². The molecular formula is C35H45ClN4O7. The van der Waals surface area contributed by atoms with E-state index in [1.165, 1.54) is 31.3 Å². The first-order chi connectivity index (χ1) is 22.1. The number of amides is 3. The third-order valence-electron chi connectivity index (χ3n) is 8.08. The summed E-state index contributed by atoms with van der Waals surface area (Å²) in [6, 6.07) is 14.8. The summed E-state index contributed by atoms with van der Waals surface area (Å²) in [5.74, 6) is 0.463. The van der Waals surface area contributed by atoms with Gasteiger partial charge in [0, 0.05) is 51.3 Å². The van der Waals surface area contributed by atoms with E-state index in [4.69, 9.17) is 14.2 Å². The van der Waals surface area contributed by atoms with Gasteiger partial charge in [-0.3, -0.25) is 14.4 Å². The highest BCUT2D eigenvalue weighted by Gasteiger charge is 2.21. The molecule has 0 radical (unpaired) electrons. The highest BCUT2D eigenvalue weighted by atomic mass is 35.5. The number of piperazine rings is 1. The lowest BCUT2D eigenvalue weighted by Crippen LogP contribution is -2.47. The Morgan fingerprint density at radius 1 is 0.894 bits per heavy atom. The third kappa shape index (κ3) is 9.76. The number of methoxy groups -OCH3 is 2. The minimum Gasteiger partial charge on any atom is -0.507 e. The van der Waals surface area contributed by atoms with Crippen molar-refractivity contribution in [2.45, 2.75) is 32.6 Å². The van der Waals surface area contributed by atoms with Crippen molar-refractivity contribution in [2.24, 2.45) is 0 Å². The summed E-state index contributed by atoms with van der Waals surface area (Å²) >= 11 is 0. The minimum absolute atomic E-state index is 0. The Balaban J connectivity index is 0.00000600. The number of hydrogen-bond donors (Lipinski definition) is 2. The van der Waals surface area contributed by atoms with Crippen LogP contribution in [0.15, 0.2) is 54.6 Å². The quantitative estimate of drug-likeness (QED) is 0.233. The summed E-state index contributed by atoms with van der Waals surface area (Å²) in [5, 5.41) is 13.0. The van der Waals surface area contributed by atoms with Crippen molar-refractivity contribution in [1.82, 2.24) is 9.80 Å². The second kappa shape index (κ2) is 17.4. The normalized spacial score (nSPS) is 12.9. The number of ether oxygens (including phenoxy) is 3. The number of anilines is 2. The molecule has 0 unspecified atom stereocenters. The van der Waals surface area contributed by atoms with E-state index in [2.05, 4.69) is 17.3 Å². The van der Waals surface area contributed by atoms with Crippen LogP contribution in [0, 0.1) is 6.92 Å². The molecule has 0 atom stereocenters. The van der Waals surface area contributed by atoms with Crippen molar-refractivity contribution in [3.05, 3.63) is 71.3 Å².